The summed E-state index contributed by atoms with van der Waals surface area (Å²) in [5.41, 5.74) is 0. The molecule has 4 nitrogen and oxygen atoms in total. The lowest BCUT2D eigenvalue weighted by Crippen LogP contribution is -2.23. The largest absolute Gasteiger partial charge is 0.544 e. The molecule has 0 N–H and O–H groups in total. The van der Waals surface area contributed by atoms with Crippen LogP contribution >= 0.6 is 23.2 Å². The van der Waals surface area contributed by atoms with Crippen LogP contribution in [-0.2, 0) is 9.59 Å². The van der Waals surface area contributed by atoms with E-state index < -0.39 is 22.0 Å². The number of carboxylic acids is 2. The Morgan fingerprint density at radius 2 is 1.17 bits per heavy atom. The first kappa shape index (κ1) is 11.0. The molecule has 0 aliphatic carbocycles. The Labute approximate surface area is 77.7 Å². The molecule has 0 saturated heterocycles. The Kier molecular flexibility index (Phi) is 4.39. The van der Waals surface area contributed by atoms with Gasteiger partial charge in [0, 0.05) is 0 Å². The van der Waals surface area contributed by atoms with Crippen LogP contribution < -0.4 is 10.2 Å². The lowest BCUT2D eigenvalue weighted by Gasteiger charge is -1.98. The molecule has 66 valence electrons. The maximum atomic E-state index is 9.93. The smallest absolute Gasteiger partial charge is 0.0829 e. The molecule has 6 heteroatoms. The molecular weight excluding hydrogens is 207 g/mol. The van der Waals surface area contributed by atoms with Gasteiger partial charge < -0.3 is 19.8 Å². The molecule has 12 heavy (non-hydrogen) atoms. The molecule has 0 saturated carbocycles. The van der Waals surface area contributed by atoms with Crippen LogP contribution in [-0.4, -0.2) is 11.9 Å². The summed E-state index contributed by atoms with van der Waals surface area (Å²) in [6.45, 7) is 0. The van der Waals surface area contributed by atoms with Gasteiger partial charge in [-0.05, 0) is 12.2 Å². The predicted molar refractivity (Wildman–Crippen MR) is 37.9 cm³/mol. The van der Waals surface area contributed by atoms with Gasteiger partial charge in [0.2, 0.25) is 0 Å². The zero-order chi connectivity index (χ0) is 9.72. The highest BCUT2D eigenvalue weighted by Gasteiger charge is 1.92. The number of halogens is 2. The molecule has 0 atom stereocenters. The fraction of sp³-hybridized carbons (Fsp3) is 0. The van der Waals surface area contributed by atoms with Crippen LogP contribution in [0.15, 0.2) is 22.2 Å². The second-order valence-corrected chi connectivity index (χ2v) is 2.42. The molecule has 0 radical (unpaired) electrons. The van der Waals surface area contributed by atoms with Crippen molar-refractivity contribution in [1.29, 1.82) is 0 Å². The summed E-state index contributed by atoms with van der Waals surface area (Å²) in [6, 6.07) is 0. The van der Waals surface area contributed by atoms with Gasteiger partial charge in [0.15, 0.2) is 0 Å². The summed E-state index contributed by atoms with van der Waals surface area (Å²) < 4.78 is 0. The van der Waals surface area contributed by atoms with Gasteiger partial charge in [0.1, 0.15) is 0 Å². The van der Waals surface area contributed by atoms with Crippen LogP contribution in [0.3, 0.4) is 0 Å². The zero-order valence-electron chi connectivity index (χ0n) is 5.54. The Balaban J connectivity index is 4.48. The van der Waals surface area contributed by atoms with Crippen LogP contribution in [0.5, 0.6) is 0 Å². The van der Waals surface area contributed by atoms with E-state index >= 15 is 0 Å². The molecule has 0 aromatic rings. The summed E-state index contributed by atoms with van der Waals surface area (Å²) in [5, 5.41) is 18.6. The van der Waals surface area contributed by atoms with Gasteiger partial charge in [-0.1, -0.05) is 23.2 Å². The monoisotopic (exact) mass is 208 g/mol. The first-order valence-electron chi connectivity index (χ1n) is 2.61. The van der Waals surface area contributed by atoms with E-state index in [1.54, 1.807) is 0 Å². The van der Waals surface area contributed by atoms with Crippen LogP contribution in [0.25, 0.3) is 0 Å². The molecule has 0 bridgehead atoms. The lowest BCUT2D eigenvalue weighted by atomic mass is 10.4. The summed E-state index contributed by atoms with van der Waals surface area (Å²) >= 11 is 10.1. The lowest BCUT2D eigenvalue weighted by molar-refractivity contribution is -0.299. The van der Waals surface area contributed by atoms with E-state index in [-0.39, 0.29) is 0 Å². The van der Waals surface area contributed by atoms with E-state index in [9.17, 15) is 19.8 Å². The summed E-state index contributed by atoms with van der Waals surface area (Å²) in [4.78, 5) is 19.9. The maximum Gasteiger partial charge on any atom is 0.0829 e. The number of allylic oxidation sites excluding steroid dienone is 2. The molecule has 0 heterocycles. The minimum atomic E-state index is -1.62. The quantitative estimate of drug-likeness (QED) is 0.428. The van der Waals surface area contributed by atoms with Crippen molar-refractivity contribution in [1.82, 2.24) is 0 Å². The third kappa shape index (κ3) is 4.00. The molecule has 0 spiro atoms. The average Bonchev–Trinajstić information content (AvgIpc) is 1.98. The number of hydrogen-bond donors (Lipinski definition) is 0. The van der Waals surface area contributed by atoms with Crippen molar-refractivity contribution in [2.24, 2.45) is 0 Å². The van der Waals surface area contributed by atoms with Crippen LogP contribution in [0.2, 0.25) is 0 Å². The molecule has 0 aromatic heterocycles. The number of rotatable bonds is 3. The third-order valence-electron chi connectivity index (χ3n) is 0.766. The van der Waals surface area contributed by atoms with Gasteiger partial charge in [0.05, 0.1) is 22.0 Å². The number of carboxylic acid groups (broad SMARTS) is 2. The Hall–Kier alpha value is -1.00. The van der Waals surface area contributed by atoms with E-state index in [4.69, 9.17) is 23.2 Å². The highest BCUT2D eigenvalue weighted by Crippen LogP contribution is 2.04. The SMILES string of the molecule is O=C([O-])/C(Cl)=C\C=C(\Cl)C(=O)[O-]. The average molecular weight is 209 g/mol. The van der Waals surface area contributed by atoms with Crippen LogP contribution in [0.4, 0.5) is 0 Å². The first-order valence-corrected chi connectivity index (χ1v) is 3.36. The fourth-order valence-corrected chi connectivity index (χ4v) is 0.408. The third-order valence-corrected chi connectivity index (χ3v) is 1.33. The minimum absolute atomic E-state index is 0.644. The summed E-state index contributed by atoms with van der Waals surface area (Å²) in [6.07, 6.45) is 1.57. The van der Waals surface area contributed by atoms with E-state index in [2.05, 4.69) is 0 Å². The van der Waals surface area contributed by atoms with Gasteiger partial charge in [-0.15, -0.1) is 0 Å². The standard InChI is InChI=1S/C6H4Cl2O4/c7-3(5(9)10)1-2-4(8)6(11)12/h1-2H,(H,9,10)(H,11,12)/p-2/b3-1+,4-2+. The van der Waals surface area contributed by atoms with Crippen molar-refractivity contribution in [3.05, 3.63) is 22.2 Å². The topological polar surface area (TPSA) is 80.3 Å². The summed E-state index contributed by atoms with van der Waals surface area (Å²) in [7, 11) is 0. The number of carbonyl (C=O) groups excluding carboxylic acids is 2. The highest BCUT2D eigenvalue weighted by molar-refractivity contribution is 6.42. The zero-order valence-corrected chi connectivity index (χ0v) is 7.06. The predicted octanol–water partition coefficient (Wildman–Crippen LogP) is -1.27. The van der Waals surface area contributed by atoms with E-state index in [1.807, 2.05) is 0 Å². The molecule has 0 aliphatic heterocycles. The van der Waals surface area contributed by atoms with Crippen molar-refractivity contribution < 1.29 is 19.8 Å². The van der Waals surface area contributed by atoms with Crippen molar-refractivity contribution in [2.45, 2.75) is 0 Å². The van der Waals surface area contributed by atoms with Crippen molar-refractivity contribution in [2.75, 3.05) is 0 Å². The molecule has 0 aromatic carbocycles. The minimum Gasteiger partial charge on any atom is -0.544 e. The molecule has 0 unspecified atom stereocenters. The van der Waals surface area contributed by atoms with Gasteiger partial charge >= 0.3 is 0 Å². The second-order valence-electron chi connectivity index (χ2n) is 1.60. The van der Waals surface area contributed by atoms with Crippen LogP contribution in [0, 0.1) is 0 Å². The summed E-state index contributed by atoms with van der Waals surface area (Å²) in [5.74, 6) is -3.23. The Bertz CT molecular complexity index is 239. The van der Waals surface area contributed by atoms with E-state index in [0.29, 0.717) is 0 Å². The molecule has 0 fully saturated rings. The number of hydrogen-bond acceptors (Lipinski definition) is 4. The van der Waals surface area contributed by atoms with Crippen LogP contribution in [0.1, 0.15) is 0 Å². The Morgan fingerprint density at radius 3 is 1.33 bits per heavy atom. The normalized spacial score (nSPS) is 12.8. The van der Waals surface area contributed by atoms with Crippen molar-refractivity contribution in [3.8, 4) is 0 Å². The molecular formula is C6H2Cl2O4-2. The van der Waals surface area contributed by atoms with E-state index in [1.165, 1.54) is 0 Å². The van der Waals surface area contributed by atoms with Gasteiger partial charge in [-0.3, -0.25) is 0 Å². The van der Waals surface area contributed by atoms with Gasteiger partial charge in [0.25, 0.3) is 0 Å². The number of aliphatic carboxylic acids is 2. The number of carbonyl (C=O) groups is 2. The first-order chi connectivity index (χ1) is 5.45. The van der Waals surface area contributed by atoms with E-state index in [0.717, 1.165) is 12.2 Å². The molecule has 0 amide bonds. The molecule has 0 aliphatic rings. The Morgan fingerprint density at radius 1 is 0.917 bits per heavy atom. The van der Waals surface area contributed by atoms with Crippen molar-refractivity contribution in [3.63, 3.8) is 0 Å². The fourth-order valence-electron chi connectivity index (χ4n) is 0.282. The van der Waals surface area contributed by atoms with Crippen molar-refractivity contribution >= 4 is 35.1 Å². The second kappa shape index (κ2) is 4.79. The van der Waals surface area contributed by atoms with Gasteiger partial charge in [-0.2, -0.15) is 0 Å². The maximum absolute atomic E-state index is 9.93. The van der Waals surface area contributed by atoms with Gasteiger partial charge in [-0.25, -0.2) is 0 Å². The molecule has 0 rings (SSSR count). The highest BCUT2D eigenvalue weighted by atomic mass is 35.5.